The molecule has 2 fully saturated rings. The Balaban J connectivity index is 1.71. The number of aliphatic hydroxyl groups is 7. The number of carbonyl (C=O) groups excluding carboxylic acids is 1. The fourth-order valence-corrected chi connectivity index (χ4v) is 4.40. The first-order valence-electron chi connectivity index (χ1n) is 13.9. The SMILES string of the molecule is CC/C=C\C/C=C\C/C=C\CCCCCC(=O)OC[C@H]1O[C@@](CO)(O[C@H]2O[C@H](CO)[C@@H](O)[C@H](O)[C@H]2O)[C@@H](O)[C@@H]1O. The van der Waals surface area contributed by atoms with E-state index in [9.17, 15) is 40.5 Å². The van der Waals surface area contributed by atoms with Crippen molar-refractivity contribution in [1.82, 2.24) is 0 Å². The maximum Gasteiger partial charge on any atom is 0.305 e. The average Bonchev–Trinajstić information content (AvgIpc) is 3.19. The maximum atomic E-state index is 12.2. The smallest absolute Gasteiger partial charge is 0.305 e. The topological polar surface area (TPSA) is 196 Å². The highest BCUT2D eigenvalue weighted by atomic mass is 16.8. The van der Waals surface area contributed by atoms with Crippen molar-refractivity contribution in [2.75, 3.05) is 19.8 Å². The fraction of sp³-hybridized carbons (Fsp3) is 0.750. The van der Waals surface area contributed by atoms with Gasteiger partial charge in [-0.15, -0.1) is 0 Å². The van der Waals surface area contributed by atoms with Crippen LogP contribution in [0.1, 0.15) is 58.3 Å². The molecule has 0 aromatic carbocycles. The summed E-state index contributed by atoms with van der Waals surface area (Å²) in [5, 5.41) is 70.3. The monoisotopic (exact) mass is 574 g/mol. The molecule has 0 aliphatic carbocycles. The number of aliphatic hydroxyl groups excluding tert-OH is 7. The molecular formula is C28H46O12. The number of hydrogen-bond acceptors (Lipinski definition) is 12. The van der Waals surface area contributed by atoms with Crippen molar-refractivity contribution in [3.8, 4) is 0 Å². The molecule has 12 nitrogen and oxygen atoms in total. The second-order valence-corrected chi connectivity index (χ2v) is 9.95. The Morgan fingerprint density at radius 2 is 1.50 bits per heavy atom. The normalized spacial score (nSPS) is 34.9. The predicted octanol–water partition coefficient (Wildman–Crippen LogP) is -0.0354. The zero-order valence-electron chi connectivity index (χ0n) is 23.0. The standard InChI is InChI=1S/C28H46O12/c1-2-3-4-5-6-7-8-9-10-11-12-13-14-15-21(31)37-17-20-23(33)26(36)28(18-30,39-20)40-27-25(35)24(34)22(32)19(16-29)38-27/h3-4,6-7,9-10,19-20,22-27,29-30,32-36H,2,5,8,11-18H2,1H3/b4-3-,7-6-,10-9-/t19-,20-,22-,23-,24+,25-,26+,27-,28+/m1/s1. The van der Waals surface area contributed by atoms with Gasteiger partial charge in [0.2, 0.25) is 5.79 Å². The Morgan fingerprint density at radius 3 is 2.15 bits per heavy atom. The highest BCUT2D eigenvalue weighted by molar-refractivity contribution is 5.69. The van der Waals surface area contributed by atoms with Gasteiger partial charge in [0.25, 0.3) is 0 Å². The molecule has 0 aromatic heterocycles. The van der Waals surface area contributed by atoms with Crippen LogP contribution in [0.15, 0.2) is 36.5 Å². The third-order valence-corrected chi connectivity index (χ3v) is 6.83. The van der Waals surface area contributed by atoms with Crippen LogP contribution in [0.4, 0.5) is 0 Å². The van der Waals surface area contributed by atoms with Gasteiger partial charge >= 0.3 is 5.97 Å². The van der Waals surface area contributed by atoms with E-state index in [0.717, 1.165) is 38.5 Å². The largest absolute Gasteiger partial charge is 0.463 e. The second-order valence-electron chi connectivity index (χ2n) is 9.95. The van der Waals surface area contributed by atoms with Crippen LogP contribution in [0, 0.1) is 0 Å². The van der Waals surface area contributed by atoms with Crippen molar-refractivity contribution in [2.24, 2.45) is 0 Å². The van der Waals surface area contributed by atoms with E-state index in [-0.39, 0.29) is 6.42 Å². The lowest BCUT2D eigenvalue weighted by Crippen LogP contribution is -2.62. The highest BCUT2D eigenvalue weighted by Crippen LogP contribution is 2.36. The van der Waals surface area contributed by atoms with Crippen molar-refractivity contribution >= 4 is 5.97 Å². The summed E-state index contributed by atoms with van der Waals surface area (Å²) in [6.07, 6.45) is 6.13. The van der Waals surface area contributed by atoms with Gasteiger partial charge in [0.05, 0.1) is 6.61 Å². The second kappa shape index (κ2) is 18.0. The van der Waals surface area contributed by atoms with Gasteiger partial charge in [-0.1, -0.05) is 49.8 Å². The molecule has 2 saturated heterocycles. The van der Waals surface area contributed by atoms with Crippen LogP contribution in [-0.2, 0) is 23.7 Å². The minimum absolute atomic E-state index is 0.162. The molecular weight excluding hydrogens is 528 g/mol. The van der Waals surface area contributed by atoms with Crippen molar-refractivity contribution < 1.29 is 59.5 Å². The first kappa shape index (κ1) is 34.5. The van der Waals surface area contributed by atoms with Gasteiger partial charge in [-0.25, -0.2) is 0 Å². The number of carbonyl (C=O) groups is 1. The van der Waals surface area contributed by atoms with Crippen LogP contribution < -0.4 is 0 Å². The van der Waals surface area contributed by atoms with E-state index in [1.807, 2.05) is 0 Å². The lowest BCUT2D eigenvalue weighted by atomic mass is 9.99. The van der Waals surface area contributed by atoms with E-state index in [1.54, 1.807) is 0 Å². The summed E-state index contributed by atoms with van der Waals surface area (Å²) >= 11 is 0. The summed E-state index contributed by atoms with van der Waals surface area (Å²) in [5.74, 6) is -2.81. The van der Waals surface area contributed by atoms with Gasteiger partial charge in [-0.05, 0) is 38.5 Å². The lowest BCUT2D eigenvalue weighted by Gasteiger charge is -2.43. The maximum absolute atomic E-state index is 12.2. The van der Waals surface area contributed by atoms with Crippen LogP contribution in [-0.4, -0.2) is 116 Å². The third kappa shape index (κ3) is 9.98. The van der Waals surface area contributed by atoms with E-state index in [4.69, 9.17) is 18.9 Å². The van der Waals surface area contributed by atoms with Crippen molar-refractivity contribution in [3.05, 3.63) is 36.5 Å². The van der Waals surface area contributed by atoms with Gasteiger partial charge in [-0.3, -0.25) is 4.79 Å². The summed E-state index contributed by atoms with van der Waals surface area (Å²) in [6.45, 7) is -0.0337. The van der Waals surface area contributed by atoms with Crippen molar-refractivity contribution in [3.63, 3.8) is 0 Å². The molecule has 0 unspecified atom stereocenters. The van der Waals surface area contributed by atoms with Crippen molar-refractivity contribution in [2.45, 2.75) is 113 Å². The molecule has 7 N–H and O–H groups in total. The van der Waals surface area contributed by atoms with Crippen LogP contribution in [0.25, 0.3) is 0 Å². The van der Waals surface area contributed by atoms with Crippen LogP contribution >= 0.6 is 0 Å². The first-order chi connectivity index (χ1) is 19.2. The molecule has 0 radical (unpaired) electrons. The molecule has 2 rings (SSSR count). The molecule has 0 spiro atoms. The van der Waals surface area contributed by atoms with E-state index in [2.05, 4.69) is 43.4 Å². The molecule has 0 amide bonds. The number of esters is 1. The Bertz CT molecular complexity index is 815. The lowest BCUT2D eigenvalue weighted by molar-refractivity contribution is -0.383. The Hall–Kier alpha value is -1.71. The Morgan fingerprint density at radius 1 is 0.825 bits per heavy atom. The summed E-state index contributed by atoms with van der Waals surface area (Å²) in [5.41, 5.74) is 0. The van der Waals surface area contributed by atoms with E-state index < -0.39 is 80.6 Å². The van der Waals surface area contributed by atoms with Crippen molar-refractivity contribution in [1.29, 1.82) is 0 Å². The summed E-state index contributed by atoms with van der Waals surface area (Å²) in [4.78, 5) is 12.2. The fourth-order valence-electron chi connectivity index (χ4n) is 4.40. The summed E-state index contributed by atoms with van der Waals surface area (Å²) in [6, 6.07) is 0. The number of unbranched alkanes of at least 4 members (excludes halogenated alkanes) is 3. The van der Waals surface area contributed by atoms with Crippen LogP contribution in [0.3, 0.4) is 0 Å². The van der Waals surface area contributed by atoms with Crippen LogP contribution in [0.5, 0.6) is 0 Å². The minimum Gasteiger partial charge on any atom is -0.463 e. The van der Waals surface area contributed by atoms with Gasteiger partial charge < -0.3 is 54.7 Å². The summed E-state index contributed by atoms with van der Waals surface area (Å²) in [7, 11) is 0. The molecule has 9 atom stereocenters. The molecule has 2 aliphatic rings. The summed E-state index contributed by atoms with van der Waals surface area (Å²) < 4.78 is 21.4. The molecule has 0 bridgehead atoms. The first-order valence-corrected chi connectivity index (χ1v) is 13.9. The molecule has 0 aromatic rings. The zero-order chi connectivity index (χ0) is 29.5. The average molecular weight is 575 g/mol. The van der Waals surface area contributed by atoms with E-state index in [1.165, 1.54) is 0 Å². The minimum atomic E-state index is -2.29. The third-order valence-electron chi connectivity index (χ3n) is 6.83. The number of allylic oxidation sites excluding steroid dienone is 6. The quantitative estimate of drug-likeness (QED) is 0.0697. The number of ether oxygens (including phenoxy) is 4. The zero-order valence-corrected chi connectivity index (χ0v) is 23.0. The Labute approximate surface area is 235 Å². The molecule has 230 valence electrons. The molecule has 0 saturated carbocycles. The molecule has 2 heterocycles. The number of hydrogen-bond donors (Lipinski definition) is 7. The Kier molecular flexibility index (Phi) is 15.5. The van der Waals surface area contributed by atoms with E-state index >= 15 is 0 Å². The van der Waals surface area contributed by atoms with Gasteiger partial charge in [0.15, 0.2) is 6.29 Å². The van der Waals surface area contributed by atoms with Crippen LogP contribution in [0.2, 0.25) is 0 Å². The predicted molar refractivity (Wildman–Crippen MR) is 143 cm³/mol. The molecule has 2 aliphatic heterocycles. The van der Waals surface area contributed by atoms with Gasteiger partial charge in [0.1, 0.15) is 55.9 Å². The molecule has 40 heavy (non-hydrogen) atoms. The molecule has 12 heteroatoms. The van der Waals surface area contributed by atoms with Gasteiger partial charge in [-0.2, -0.15) is 0 Å². The number of rotatable bonds is 17. The van der Waals surface area contributed by atoms with Gasteiger partial charge in [0, 0.05) is 6.42 Å². The van der Waals surface area contributed by atoms with E-state index in [0.29, 0.717) is 6.42 Å². The highest BCUT2D eigenvalue weighted by Gasteiger charge is 2.58.